The fourth-order valence-corrected chi connectivity index (χ4v) is 0.887. The summed E-state index contributed by atoms with van der Waals surface area (Å²) in [6.45, 7) is 2.83. The maximum absolute atomic E-state index is 10.6. The minimum atomic E-state index is -0.0576. The van der Waals surface area contributed by atoms with E-state index in [-0.39, 0.29) is 24.4 Å². The zero-order valence-corrected chi connectivity index (χ0v) is 7.22. The first-order valence-corrected chi connectivity index (χ1v) is 3.60. The van der Waals surface area contributed by atoms with Gasteiger partial charge in [-0.1, -0.05) is 5.57 Å². The summed E-state index contributed by atoms with van der Waals surface area (Å²) in [6, 6.07) is 0. The predicted molar refractivity (Wildman–Crippen MR) is 44.4 cm³/mol. The average molecular weight is 167 g/mol. The molecule has 0 aromatic carbocycles. The Morgan fingerprint density at radius 1 is 1.17 bits per heavy atom. The molecule has 0 heterocycles. The van der Waals surface area contributed by atoms with E-state index < -0.39 is 0 Å². The molecule has 0 fully saturated rings. The predicted octanol–water partition coefficient (Wildman–Crippen LogP) is 0.981. The summed E-state index contributed by atoms with van der Waals surface area (Å²) in [6.07, 6.45) is 3.04. The Bertz CT molecular complexity index is 208. The Labute approximate surface area is 71.5 Å². The summed E-state index contributed by atoms with van der Waals surface area (Å²) in [4.78, 5) is 31.2. The van der Waals surface area contributed by atoms with E-state index in [2.05, 4.69) is 0 Å². The molecule has 0 saturated carbocycles. The zero-order valence-electron chi connectivity index (χ0n) is 7.22. The second kappa shape index (κ2) is 5.41. The molecule has 0 N–H and O–H groups in total. The summed E-state index contributed by atoms with van der Waals surface area (Å²) >= 11 is 0. The molecular weight excluding hydrogens is 156 g/mol. The van der Waals surface area contributed by atoms with Crippen LogP contribution in [0.3, 0.4) is 0 Å². The van der Waals surface area contributed by atoms with Gasteiger partial charge in [0, 0.05) is 12.8 Å². The summed E-state index contributed by atoms with van der Waals surface area (Å²) in [5.41, 5.74) is 0.532. The van der Waals surface area contributed by atoms with Gasteiger partial charge in [0.15, 0.2) is 0 Å². The van der Waals surface area contributed by atoms with Gasteiger partial charge < -0.3 is 0 Å². The van der Waals surface area contributed by atoms with Crippen molar-refractivity contribution in [3.63, 3.8) is 0 Å². The molecule has 0 aliphatic rings. The minimum absolute atomic E-state index is 0.0576. The third kappa shape index (κ3) is 5.53. The van der Waals surface area contributed by atoms with Crippen LogP contribution in [0, 0.1) is 0 Å². The van der Waals surface area contributed by atoms with Gasteiger partial charge >= 0.3 is 0 Å². The number of rotatable bonds is 5. The molecule has 3 nitrogen and oxygen atoms in total. The van der Waals surface area contributed by atoms with E-state index in [1.165, 1.54) is 13.8 Å². The van der Waals surface area contributed by atoms with E-state index in [0.29, 0.717) is 5.57 Å². The maximum Gasteiger partial charge on any atom is 0.225 e. The molecule has 3 heteroatoms. The monoisotopic (exact) mass is 167 g/mol. The van der Waals surface area contributed by atoms with Crippen LogP contribution in [0.5, 0.6) is 0 Å². The smallest absolute Gasteiger partial charge is 0.225 e. The molecule has 1 radical (unpaired) electrons. The summed E-state index contributed by atoms with van der Waals surface area (Å²) in [5.74, 6) is -0.115. The van der Waals surface area contributed by atoms with Crippen molar-refractivity contribution >= 4 is 17.9 Å². The number of allylic oxidation sites excluding steroid dienone is 2. The number of hydrogen-bond donors (Lipinski definition) is 0. The number of ketones is 2. The lowest BCUT2D eigenvalue weighted by Crippen LogP contribution is -1.99. The molecule has 12 heavy (non-hydrogen) atoms. The normalized spacial score (nSPS) is 8.83. The highest BCUT2D eigenvalue weighted by molar-refractivity contribution is 5.85. The molecule has 0 aromatic heterocycles. The SMILES string of the molecule is CC(=O)CC(=C[C]=O)CC(C)=O. The molecule has 0 aliphatic heterocycles. The van der Waals surface area contributed by atoms with Gasteiger partial charge in [-0.2, -0.15) is 0 Å². The number of carbonyl (C=O) groups is 2. The lowest BCUT2D eigenvalue weighted by atomic mass is 10.0. The van der Waals surface area contributed by atoms with Crippen molar-refractivity contribution in [2.75, 3.05) is 0 Å². The van der Waals surface area contributed by atoms with Crippen molar-refractivity contribution in [3.05, 3.63) is 11.6 Å². The van der Waals surface area contributed by atoms with Crippen LogP contribution in [-0.4, -0.2) is 17.9 Å². The lowest BCUT2D eigenvalue weighted by Gasteiger charge is -1.99. The van der Waals surface area contributed by atoms with Gasteiger partial charge in [0.25, 0.3) is 0 Å². The van der Waals surface area contributed by atoms with E-state index in [0.717, 1.165) is 6.08 Å². The van der Waals surface area contributed by atoms with Crippen LogP contribution < -0.4 is 0 Å². The molecule has 0 aromatic rings. The first-order valence-electron chi connectivity index (χ1n) is 3.60. The number of carbonyl (C=O) groups excluding carboxylic acids is 3. The molecule has 0 saturated heterocycles. The van der Waals surface area contributed by atoms with E-state index in [4.69, 9.17) is 0 Å². The van der Waals surface area contributed by atoms with Crippen molar-refractivity contribution in [1.29, 1.82) is 0 Å². The summed E-state index contributed by atoms with van der Waals surface area (Å²) in [5, 5.41) is 0. The van der Waals surface area contributed by atoms with E-state index in [9.17, 15) is 14.4 Å². The van der Waals surface area contributed by atoms with Crippen LogP contribution in [0.2, 0.25) is 0 Å². The minimum Gasteiger partial charge on any atom is -0.300 e. The third-order valence-corrected chi connectivity index (χ3v) is 1.22. The van der Waals surface area contributed by atoms with Gasteiger partial charge in [-0.05, 0) is 19.9 Å². The van der Waals surface area contributed by atoms with E-state index >= 15 is 0 Å². The molecule has 0 spiro atoms. The van der Waals surface area contributed by atoms with Crippen molar-refractivity contribution in [3.8, 4) is 0 Å². The van der Waals surface area contributed by atoms with Gasteiger partial charge in [-0.3, -0.25) is 14.4 Å². The summed E-state index contributed by atoms with van der Waals surface area (Å²) in [7, 11) is 0. The topological polar surface area (TPSA) is 51.2 Å². The van der Waals surface area contributed by atoms with Gasteiger partial charge in [-0.15, -0.1) is 0 Å². The van der Waals surface area contributed by atoms with Crippen LogP contribution in [0.4, 0.5) is 0 Å². The lowest BCUT2D eigenvalue weighted by molar-refractivity contribution is -0.116. The van der Waals surface area contributed by atoms with Crippen molar-refractivity contribution in [2.24, 2.45) is 0 Å². The molecule has 0 unspecified atom stereocenters. The molecule has 0 bridgehead atoms. The number of hydrogen-bond acceptors (Lipinski definition) is 3. The Kier molecular flexibility index (Phi) is 4.84. The molecule has 0 rings (SSSR count). The van der Waals surface area contributed by atoms with Gasteiger partial charge in [-0.25, -0.2) is 0 Å². The molecule has 0 aliphatic carbocycles. The highest BCUT2D eigenvalue weighted by atomic mass is 16.1. The maximum atomic E-state index is 10.6. The zero-order chi connectivity index (χ0) is 9.56. The first kappa shape index (κ1) is 10.8. The van der Waals surface area contributed by atoms with Crippen molar-refractivity contribution in [1.82, 2.24) is 0 Å². The Balaban J connectivity index is 4.23. The highest BCUT2D eigenvalue weighted by Crippen LogP contribution is 2.06. The van der Waals surface area contributed by atoms with Gasteiger partial charge in [0.05, 0.1) is 0 Å². The van der Waals surface area contributed by atoms with E-state index in [1.807, 2.05) is 0 Å². The Morgan fingerprint density at radius 2 is 1.58 bits per heavy atom. The largest absolute Gasteiger partial charge is 0.300 e. The van der Waals surface area contributed by atoms with Crippen LogP contribution in [0.25, 0.3) is 0 Å². The molecular formula is C9H11O3. The Morgan fingerprint density at radius 3 is 1.83 bits per heavy atom. The second-order valence-electron chi connectivity index (χ2n) is 2.68. The van der Waals surface area contributed by atoms with Crippen LogP contribution in [0.15, 0.2) is 11.6 Å². The van der Waals surface area contributed by atoms with Crippen LogP contribution in [-0.2, 0) is 14.4 Å². The van der Waals surface area contributed by atoms with Gasteiger partial charge in [0.2, 0.25) is 6.29 Å². The Hall–Kier alpha value is -1.25. The summed E-state index contributed by atoms with van der Waals surface area (Å²) < 4.78 is 0. The van der Waals surface area contributed by atoms with Gasteiger partial charge in [0.1, 0.15) is 11.6 Å². The third-order valence-electron chi connectivity index (χ3n) is 1.22. The second-order valence-corrected chi connectivity index (χ2v) is 2.68. The first-order chi connectivity index (χ1) is 5.56. The highest BCUT2D eigenvalue weighted by Gasteiger charge is 2.03. The quantitative estimate of drug-likeness (QED) is 0.573. The fraction of sp³-hybridized carbons (Fsp3) is 0.444. The number of Topliss-reactive ketones (excluding diaryl/α,β-unsaturated/α-hetero) is 2. The van der Waals surface area contributed by atoms with Crippen LogP contribution >= 0.6 is 0 Å². The molecule has 0 atom stereocenters. The van der Waals surface area contributed by atoms with E-state index in [1.54, 1.807) is 6.29 Å². The van der Waals surface area contributed by atoms with Crippen molar-refractivity contribution in [2.45, 2.75) is 26.7 Å². The molecule has 65 valence electrons. The van der Waals surface area contributed by atoms with Crippen LogP contribution in [0.1, 0.15) is 26.7 Å². The standard InChI is InChI=1S/C9H11O3/c1-7(11)5-9(3-4-10)6-8(2)12/h3H,5-6H2,1-2H3. The molecule has 0 amide bonds. The fourth-order valence-electron chi connectivity index (χ4n) is 0.887. The average Bonchev–Trinajstić information content (AvgIpc) is 1.84. The van der Waals surface area contributed by atoms with Crippen molar-refractivity contribution < 1.29 is 14.4 Å².